The average Bonchev–Trinajstić information content (AvgIpc) is 2.69. The van der Waals surface area contributed by atoms with E-state index in [1.165, 1.54) is 39.2 Å². The van der Waals surface area contributed by atoms with Crippen molar-refractivity contribution in [2.75, 3.05) is 26.8 Å². The summed E-state index contributed by atoms with van der Waals surface area (Å²) in [5.41, 5.74) is 0. The summed E-state index contributed by atoms with van der Waals surface area (Å²) in [5.74, 6) is 0.805. The molecule has 0 saturated heterocycles. The number of carbonyl (C=O) groups is 1. The number of aliphatic hydroxyl groups excluding tert-OH is 5. The SMILES string of the molecule is CCC(C)CCCCCCCCOC(=O)N(C)C[C@H](O)[C@@H](O)[C@H](O)[C@H](O)CO. The van der Waals surface area contributed by atoms with Crippen molar-refractivity contribution in [2.24, 2.45) is 5.92 Å². The van der Waals surface area contributed by atoms with Gasteiger partial charge in [0.2, 0.25) is 0 Å². The Kier molecular flexibility index (Phi) is 15.4. The molecule has 8 heteroatoms. The normalized spacial score (nSPS) is 16.9. The molecule has 0 saturated carbocycles. The van der Waals surface area contributed by atoms with Crippen LogP contribution >= 0.6 is 0 Å². The minimum atomic E-state index is -1.71. The van der Waals surface area contributed by atoms with E-state index in [-0.39, 0.29) is 6.54 Å². The van der Waals surface area contributed by atoms with Crippen molar-refractivity contribution < 1.29 is 35.1 Å². The van der Waals surface area contributed by atoms with E-state index >= 15 is 0 Å². The van der Waals surface area contributed by atoms with Crippen molar-refractivity contribution in [3.8, 4) is 0 Å². The molecular formula is C20H41NO7. The van der Waals surface area contributed by atoms with E-state index in [1.54, 1.807) is 0 Å². The Morgan fingerprint density at radius 3 is 2.04 bits per heavy atom. The highest BCUT2D eigenvalue weighted by Crippen LogP contribution is 2.14. The van der Waals surface area contributed by atoms with E-state index in [0.717, 1.165) is 30.1 Å². The van der Waals surface area contributed by atoms with Crippen molar-refractivity contribution >= 4 is 6.09 Å². The number of nitrogens with zero attached hydrogens (tertiary/aromatic N) is 1. The van der Waals surface area contributed by atoms with Gasteiger partial charge in [-0.25, -0.2) is 4.79 Å². The van der Waals surface area contributed by atoms with Crippen molar-refractivity contribution in [3.63, 3.8) is 0 Å². The first kappa shape index (κ1) is 27.1. The third kappa shape index (κ3) is 11.8. The molecule has 8 nitrogen and oxygen atoms in total. The van der Waals surface area contributed by atoms with Gasteiger partial charge in [0.25, 0.3) is 0 Å². The maximum Gasteiger partial charge on any atom is 0.409 e. The lowest BCUT2D eigenvalue weighted by atomic mass is 10.00. The zero-order chi connectivity index (χ0) is 21.5. The fourth-order valence-electron chi connectivity index (χ4n) is 2.80. The standard InChI is InChI=1S/C20H41NO7/c1-4-15(2)11-9-7-5-6-8-10-12-28-20(27)21(3)13-16(23)18(25)19(26)17(24)14-22/h15-19,22-26H,4-14H2,1-3H3/t15?,16-,17+,18+,19+/m0/s1. The molecular weight excluding hydrogens is 366 g/mol. The number of unbranched alkanes of at least 4 members (excludes halogenated alkanes) is 5. The van der Waals surface area contributed by atoms with Crippen molar-refractivity contribution in [2.45, 2.75) is 89.6 Å². The second-order valence-corrected chi connectivity index (χ2v) is 7.72. The van der Waals surface area contributed by atoms with E-state index in [9.17, 15) is 25.2 Å². The van der Waals surface area contributed by atoms with Crippen molar-refractivity contribution in [1.82, 2.24) is 4.90 Å². The topological polar surface area (TPSA) is 131 Å². The van der Waals surface area contributed by atoms with Crippen LogP contribution in [0.5, 0.6) is 0 Å². The van der Waals surface area contributed by atoms with Crippen LogP contribution in [0, 0.1) is 5.92 Å². The van der Waals surface area contributed by atoms with E-state index in [0.29, 0.717) is 6.61 Å². The first-order valence-corrected chi connectivity index (χ1v) is 10.5. The van der Waals surface area contributed by atoms with Crippen LogP contribution in [0.4, 0.5) is 4.79 Å². The van der Waals surface area contributed by atoms with Crippen LogP contribution in [-0.2, 0) is 4.74 Å². The van der Waals surface area contributed by atoms with Gasteiger partial charge >= 0.3 is 6.09 Å². The predicted octanol–water partition coefficient (Wildman–Crippen LogP) is 1.27. The largest absolute Gasteiger partial charge is 0.449 e. The first-order valence-electron chi connectivity index (χ1n) is 10.5. The molecule has 0 radical (unpaired) electrons. The van der Waals surface area contributed by atoms with E-state index in [4.69, 9.17) is 9.84 Å². The fourth-order valence-corrected chi connectivity index (χ4v) is 2.80. The van der Waals surface area contributed by atoms with Gasteiger partial charge in [-0.1, -0.05) is 58.8 Å². The van der Waals surface area contributed by atoms with Gasteiger partial charge in [-0.3, -0.25) is 0 Å². The molecule has 168 valence electrons. The lowest BCUT2D eigenvalue weighted by molar-refractivity contribution is -0.117. The summed E-state index contributed by atoms with van der Waals surface area (Å²) < 4.78 is 5.13. The summed E-state index contributed by atoms with van der Waals surface area (Å²) in [6.45, 7) is 3.77. The maximum absolute atomic E-state index is 11.9. The zero-order valence-electron chi connectivity index (χ0n) is 17.7. The second kappa shape index (κ2) is 15.9. The quantitative estimate of drug-likeness (QED) is 0.244. The zero-order valence-corrected chi connectivity index (χ0v) is 17.7. The van der Waals surface area contributed by atoms with Crippen LogP contribution in [0.3, 0.4) is 0 Å². The molecule has 0 spiro atoms. The first-order chi connectivity index (χ1) is 13.2. The summed E-state index contributed by atoms with van der Waals surface area (Å²) in [6.07, 6.45) is 2.02. The van der Waals surface area contributed by atoms with E-state index in [1.807, 2.05) is 0 Å². The Morgan fingerprint density at radius 2 is 1.46 bits per heavy atom. The second-order valence-electron chi connectivity index (χ2n) is 7.72. The molecule has 0 aliphatic rings. The highest BCUT2D eigenvalue weighted by Gasteiger charge is 2.31. The summed E-state index contributed by atoms with van der Waals surface area (Å²) in [5, 5.41) is 47.2. The van der Waals surface area contributed by atoms with Crippen LogP contribution in [0.2, 0.25) is 0 Å². The van der Waals surface area contributed by atoms with Crippen LogP contribution in [0.15, 0.2) is 0 Å². The lowest BCUT2D eigenvalue weighted by Gasteiger charge is -2.28. The van der Waals surface area contributed by atoms with Crippen LogP contribution in [0.25, 0.3) is 0 Å². The minimum absolute atomic E-state index is 0.272. The van der Waals surface area contributed by atoms with Gasteiger partial charge < -0.3 is 35.2 Å². The molecule has 0 aliphatic carbocycles. The molecule has 5 atom stereocenters. The number of likely N-dealkylation sites (N-methyl/N-ethyl adjacent to an activating group) is 1. The summed E-state index contributed by atoms with van der Waals surface area (Å²) in [4.78, 5) is 13.0. The van der Waals surface area contributed by atoms with E-state index in [2.05, 4.69) is 13.8 Å². The monoisotopic (exact) mass is 407 g/mol. The van der Waals surface area contributed by atoms with Gasteiger partial charge in [0.15, 0.2) is 0 Å². The molecule has 1 amide bonds. The molecule has 5 N–H and O–H groups in total. The molecule has 0 aliphatic heterocycles. The fraction of sp³-hybridized carbons (Fsp3) is 0.950. The summed E-state index contributed by atoms with van der Waals surface area (Å²) in [6, 6.07) is 0. The number of amides is 1. The van der Waals surface area contributed by atoms with Gasteiger partial charge in [-0.05, 0) is 12.3 Å². The molecule has 0 aromatic rings. The molecule has 0 heterocycles. The predicted molar refractivity (Wildman–Crippen MR) is 107 cm³/mol. The number of ether oxygens (including phenoxy) is 1. The number of aliphatic hydroxyl groups is 5. The smallest absolute Gasteiger partial charge is 0.409 e. The average molecular weight is 408 g/mol. The van der Waals surface area contributed by atoms with Crippen LogP contribution in [0.1, 0.15) is 65.2 Å². The highest BCUT2D eigenvalue weighted by molar-refractivity contribution is 5.67. The van der Waals surface area contributed by atoms with Crippen molar-refractivity contribution in [1.29, 1.82) is 0 Å². The number of hydrogen-bond donors (Lipinski definition) is 5. The van der Waals surface area contributed by atoms with Crippen molar-refractivity contribution in [3.05, 3.63) is 0 Å². The molecule has 0 rings (SSSR count). The molecule has 1 unspecified atom stereocenters. The third-order valence-corrected chi connectivity index (χ3v) is 5.11. The van der Waals surface area contributed by atoms with Gasteiger partial charge in [0, 0.05) is 7.05 Å². The van der Waals surface area contributed by atoms with Gasteiger partial charge in [-0.15, -0.1) is 0 Å². The summed E-state index contributed by atoms with van der Waals surface area (Å²) in [7, 11) is 1.41. The molecule has 0 fully saturated rings. The third-order valence-electron chi connectivity index (χ3n) is 5.11. The number of hydrogen-bond acceptors (Lipinski definition) is 7. The van der Waals surface area contributed by atoms with Gasteiger partial charge in [-0.2, -0.15) is 0 Å². The van der Waals surface area contributed by atoms with E-state index < -0.39 is 37.1 Å². The maximum atomic E-state index is 11.9. The molecule has 0 aromatic heterocycles. The Hall–Kier alpha value is -0.930. The highest BCUT2D eigenvalue weighted by atomic mass is 16.6. The Balaban J connectivity index is 3.83. The number of carbonyl (C=O) groups excluding carboxylic acids is 1. The van der Waals surface area contributed by atoms with Gasteiger partial charge in [0.05, 0.1) is 19.8 Å². The lowest BCUT2D eigenvalue weighted by Crippen LogP contribution is -2.50. The van der Waals surface area contributed by atoms with Crippen LogP contribution < -0.4 is 0 Å². The summed E-state index contributed by atoms with van der Waals surface area (Å²) >= 11 is 0. The Labute approximate surface area is 169 Å². The molecule has 0 bridgehead atoms. The number of rotatable bonds is 16. The molecule has 0 aromatic carbocycles. The molecule has 28 heavy (non-hydrogen) atoms. The van der Waals surface area contributed by atoms with Crippen LogP contribution in [-0.4, -0.2) is 87.7 Å². The van der Waals surface area contributed by atoms with Gasteiger partial charge in [0.1, 0.15) is 24.4 Å². The Morgan fingerprint density at radius 1 is 0.929 bits per heavy atom. The minimum Gasteiger partial charge on any atom is -0.449 e. The Bertz CT molecular complexity index is 397.